The number of hydrogen-bond acceptors (Lipinski definition) is 2. The lowest BCUT2D eigenvalue weighted by molar-refractivity contribution is -0.141. The molecule has 0 aliphatic carbocycles. The van der Waals surface area contributed by atoms with Crippen LogP contribution in [0.5, 0.6) is 5.75 Å². The van der Waals surface area contributed by atoms with Gasteiger partial charge in [-0.2, -0.15) is 13.2 Å². The Kier molecular flexibility index (Phi) is 4.37. The van der Waals surface area contributed by atoms with Crippen LogP contribution in [0.3, 0.4) is 0 Å². The van der Waals surface area contributed by atoms with Crippen LogP contribution in [0.15, 0.2) is 30.3 Å². The third kappa shape index (κ3) is 4.76. The Hall–Kier alpha value is -1.72. The zero-order chi connectivity index (χ0) is 12.9. The molecule has 0 N–H and O–H groups in total. The van der Waals surface area contributed by atoms with Gasteiger partial charge in [0.2, 0.25) is 0 Å². The summed E-state index contributed by atoms with van der Waals surface area (Å²) in [4.78, 5) is 12.0. The summed E-state index contributed by atoms with van der Waals surface area (Å²) in [5.41, 5.74) is 0. The van der Waals surface area contributed by atoms with Crippen LogP contribution in [0, 0.1) is 0 Å². The first-order valence-electron chi connectivity index (χ1n) is 5.01. The molecule has 0 spiro atoms. The molecule has 0 unspecified atom stereocenters. The second kappa shape index (κ2) is 5.56. The van der Waals surface area contributed by atoms with E-state index in [1.807, 2.05) is 0 Å². The maximum absolute atomic E-state index is 12.1. The normalized spacial score (nSPS) is 11.1. The lowest BCUT2D eigenvalue weighted by Crippen LogP contribution is -2.40. The van der Waals surface area contributed by atoms with Crippen molar-refractivity contribution >= 4 is 6.09 Å². The Morgan fingerprint density at radius 3 is 2.35 bits per heavy atom. The van der Waals surface area contributed by atoms with Crippen LogP contribution < -0.4 is 4.74 Å². The number of ether oxygens (including phenoxy) is 1. The highest BCUT2D eigenvalue weighted by molar-refractivity contribution is 5.70. The van der Waals surface area contributed by atoms with E-state index in [-0.39, 0.29) is 12.3 Å². The van der Waals surface area contributed by atoms with Crippen molar-refractivity contribution in [1.29, 1.82) is 0 Å². The van der Waals surface area contributed by atoms with Crippen molar-refractivity contribution in [2.24, 2.45) is 0 Å². The molecule has 3 nitrogen and oxygen atoms in total. The highest BCUT2D eigenvalue weighted by atomic mass is 19.4. The summed E-state index contributed by atoms with van der Waals surface area (Å²) in [6.45, 7) is 0.0817. The highest BCUT2D eigenvalue weighted by Crippen LogP contribution is 2.17. The Morgan fingerprint density at radius 2 is 1.88 bits per heavy atom. The number of nitrogens with zero attached hydrogens (tertiary/aromatic N) is 1. The van der Waals surface area contributed by atoms with E-state index in [2.05, 4.69) is 0 Å². The molecule has 0 radical (unpaired) electrons. The molecular weight excluding hydrogens is 235 g/mol. The average molecular weight is 247 g/mol. The molecule has 0 fully saturated rings. The molecule has 1 amide bonds. The van der Waals surface area contributed by atoms with Gasteiger partial charge < -0.3 is 4.74 Å². The summed E-state index contributed by atoms with van der Waals surface area (Å²) >= 11 is 0. The number of amides is 1. The van der Waals surface area contributed by atoms with E-state index < -0.39 is 18.8 Å². The van der Waals surface area contributed by atoms with E-state index in [4.69, 9.17) is 4.74 Å². The van der Waals surface area contributed by atoms with E-state index >= 15 is 0 Å². The largest absolute Gasteiger partial charge is 0.415 e. The molecule has 94 valence electrons. The summed E-state index contributed by atoms with van der Waals surface area (Å²) in [6.07, 6.45) is -5.43. The summed E-state index contributed by atoms with van der Waals surface area (Å²) < 4.78 is 41.2. The lowest BCUT2D eigenvalue weighted by atomic mass is 10.3. The van der Waals surface area contributed by atoms with Crippen LogP contribution in [0.25, 0.3) is 0 Å². The minimum atomic E-state index is -4.42. The molecule has 1 aromatic carbocycles. The van der Waals surface area contributed by atoms with Gasteiger partial charge >= 0.3 is 12.3 Å². The Balaban J connectivity index is 2.62. The highest BCUT2D eigenvalue weighted by Gasteiger charge is 2.33. The first-order valence-corrected chi connectivity index (χ1v) is 5.01. The molecule has 0 bridgehead atoms. The summed E-state index contributed by atoms with van der Waals surface area (Å²) in [5, 5.41) is 0. The van der Waals surface area contributed by atoms with Crippen LogP contribution in [0.1, 0.15) is 6.92 Å². The van der Waals surface area contributed by atoms with Gasteiger partial charge in [0.1, 0.15) is 12.3 Å². The van der Waals surface area contributed by atoms with Crippen molar-refractivity contribution in [2.75, 3.05) is 13.1 Å². The van der Waals surface area contributed by atoms with E-state index in [0.717, 1.165) is 0 Å². The number of halogens is 3. The molecule has 0 saturated carbocycles. The Morgan fingerprint density at radius 1 is 1.29 bits per heavy atom. The molecule has 0 aromatic heterocycles. The van der Waals surface area contributed by atoms with Crippen molar-refractivity contribution < 1.29 is 22.7 Å². The molecule has 0 heterocycles. The smallest absolute Gasteiger partial charge is 0.410 e. The zero-order valence-corrected chi connectivity index (χ0v) is 9.20. The van der Waals surface area contributed by atoms with Gasteiger partial charge in [0.15, 0.2) is 0 Å². The van der Waals surface area contributed by atoms with Crippen LogP contribution in [-0.4, -0.2) is 30.3 Å². The number of carbonyl (C=O) groups excluding carboxylic acids is 1. The van der Waals surface area contributed by atoms with E-state index in [1.54, 1.807) is 18.2 Å². The van der Waals surface area contributed by atoms with Crippen molar-refractivity contribution in [3.63, 3.8) is 0 Å². The van der Waals surface area contributed by atoms with Crippen molar-refractivity contribution in [1.82, 2.24) is 4.90 Å². The maximum Gasteiger partial charge on any atom is 0.415 e. The van der Waals surface area contributed by atoms with Crippen LogP contribution in [-0.2, 0) is 0 Å². The van der Waals surface area contributed by atoms with E-state index in [1.165, 1.54) is 19.1 Å². The minimum Gasteiger partial charge on any atom is -0.410 e. The second-order valence-corrected chi connectivity index (χ2v) is 3.31. The van der Waals surface area contributed by atoms with Crippen molar-refractivity contribution in [3.05, 3.63) is 30.3 Å². The lowest BCUT2D eigenvalue weighted by Gasteiger charge is -2.21. The average Bonchev–Trinajstić information content (AvgIpc) is 2.26. The van der Waals surface area contributed by atoms with Gasteiger partial charge in [0, 0.05) is 6.54 Å². The molecule has 17 heavy (non-hydrogen) atoms. The first kappa shape index (κ1) is 13.3. The number of benzene rings is 1. The third-order valence-corrected chi connectivity index (χ3v) is 1.96. The van der Waals surface area contributed by atoms with E-state index in [0.29, 0.717) is 4.90 Å². The molecule has 0 aliphatic rings. The molecule has 0 aliphatic heterocycles. The SMILES string of the molecule is CCN(CC(F)(F)F)C(=O)Oc1ccccc1. The fourth-order valence-corrected chi connectivity index (χ4v) is 1.18. The van der Waals surface area contributed by atoms with Gasteiger partial charge in [0.25, 0.3) is 0 Å². The van der Waals surface area contributed by atoms with Gasteiger partial charge in [-0.25, -0.2) is 4.79 Å². The van der Waals surface area contributed by atoms with E-state index in [9.17, 15) is 18.0 Å². The second-order valence-electron chi connectivity index (χ2n) is 3.31. The fourth-order valence-electron chi connectivity index (χ4n) is 1.18. The standard InChI is InChI=1S/C11H12F3NO2/c1-2-15(8-11(12,13)14)10(16)17-9-6-4-3-5-7-9/h3-7H,2,8H2,1H3. The fraction of sp³-hybridized carbons (Fsp3) is 0.364. The van der Waals surface area contributed by atoms with Gasteiger partial charge in [-0.1, -0.05) is 18.2 Å². The summed E-state index contributed by atoms with van der Waals surface area (Å²) in [5.74, 6) is 0.220. The predicted molar refractivity (Wildman–Crippen MR) is 55.8 cm³/mol. The van der Waals surface area contributed by atoms with Gasteiger partial charge in [-0.05, 0) is 19.1 Å². The number of hydrogen-bond donors (Lipinski definition) is 0. The number of para-hydroxylation sites is 1. The molecule has 1 rings (SSSR count). The van der Waals surface area contributed by atoms with Crippen molar-refractivity contribution in [3.8, 4) is 5.75 Å². The first-order chi connectivity index (χ1) is 7.92. The quantitative estimate of drug-likeness (QED) is 0.821. The number of carbonyl (C=O) groups is 1. The van der Waals surface area contributed by atoms with Gasteiger partial charge in [-0.3, -0.25) is 4.90 Å². The summed E-state index contributed by atoms with van der Waals surface area (Å²) in [6, 6.07) is 7.97. The molecule has 1 aromatic rings. The molecule has 6 heteroatoms. The van der Waals surface area contributed by atoms with Gasteiger partial charge in [0.05, 0.1) is 0 Å². The Labute approximate surface area is 96.8 Å². The molecule has 0 saturated heterocycles. The topological polar surface area (TPSA) is 29.5 Å². The number of alkyl halides is 3. The number of rotatable bonds is 3. The Bertz CT molecular complexity index is 365. The maximum atomic E-state index is 12.1. The zero-order valence-electron chi connectivity index (χ0n) is 9.20. The van der Waals surface area contributed by atoms with Crippen molar-refractivity contribution in [2.45, 2.75) is 13.1 Å². The third-order valence-electron chi connectivity index (χ3n) is 1.96. The minimum absolute atomic E-state index is 0.0643. The summed E-state index contributed by atoms with van der Waals surface area (Å²) in [7, 11) is 0. The van der Waals surface area contributed by atoms with Crippen LogP contribution >= 0.6 is 0 Å². The predicted octanol–water partition coefficient (Wildman–Crippen LogP) is 3.07. The van der Waals surface area contributed by atoms with Crippen LogP contribution in [0.2, 0.25) is 0 Å². The van der Waals surface area contributed by atoms with Gasteiger partial charge in [-0.15, -0.1) is 0 Å². The molecular formula is C11H12F3NO2. The monoisotopic (exact) mass is 247 g/mol. The molecule has 0 atom stereocenters. The van der Waals surface area contributed by atoms with Crippen LogP contribution in [0.4, 0.5) is 18.0 Å².